The Morgan fingerprint density at radius 3 is 2.63 bits per heavy atom. The third-order valence-corrected chi connectivity index (χ3v) is 3.17. The third kappa shape index (κ3) is 2.99. The molecule has 0 unspecified atom stereocenters. The van der Waals surface area contributed by atoms with Crippen molar-refractivity contribution in [3.05, 3.63) is 17.5 Å². The van der Waals surface area contributed by atoms with Crippen molar-refractivity contribution in [3.63, 3.8) is 0 Å². The highest BCUT2D eigenvalue weighted by Gasteiger charge is 2.21. The summed E-state index contributed by atoms with van der Waals surface area (Å²) < 4.78 is 0. The molecule has 0 spiro atoms. The van der Waals surface area contributed by atoms with Crippen molar-refractivity contribution in [1.82, 2.24) is 14.9 Å². The topological polar surface area (TPSA) is 73.1 Å². The van der Waals surface area contributed by atoms with Crippen molar-refractivity contribution in [2.24, 2.45) is 0 Å². The van der Waals surface area contributed by atoms with Gasteiger partial charge in [0.25, 0.3) is 0 Å². The first-order valence-electron chi connectivity index (χ1n) is 6.42. The van der Waals surface area contributed by atoms with Gasteiger partial charge in [-0.1, -0.05) is 6.92 Å². The highest BCUT2D eigenvalue weighted by Crippen LogP contribution is 2.13. The fourth-order valence-electron chi connectivity index (χ4n) is 2.13. The average Bonchev–Trinajstić information content (AvgIpc) is 2.46. The maximum Gasteiger partial charge on any atom is 0.226 e. The number of rotatable bonds is 2. The largest absolute Gasteiger partial charge is 0.339 e. The van der Waals surface area contributed by atoms with Crippen LogP contribution >= 0.6 is 0 Å². The van der Waals surface area contributed by atoms with Crippen LogP contribution in [0.4, 0.5) is 5.95 Å². The van der Waals surface area contributed by atoms with E-state index in [1.54, 1.807) is 6.07 Å². The second kappa shape index (κ2) is 5.65. The summed E-state index contributed by atoms with van der Waals surface area (Å²) in [6.45, 7) is 6.51. The summed E-state index contributed by atoms with van der Waals surface area (Å²) in [7, 11) is 0. The molecule has 1 aliphatic rings. The van der Waals surface area contributed by atoms with Crippen LogP contribution in [-0.2, 0) is 4.79 Å². The Bertz CT molecular complexity index is 514. The van der Waals surface area contributed by atoms with E-state index in [0.29, 0.717) is 44.2 Å². The molecule has 6 nitrogen and oxygen atoms in total. The van der Waals surface area contributed by atoms with E-state index >= 15 is 0 Å². The summed E-state index contributed by atoms with van der Waals surface area (Å²) in [5.74, 6) is 0.766. The summed E-state index contributed by atoms with van der Waals surface area (Å²) in [6.07, 6.45) is 0.541. The fourth-order valence-corrected chi connectivity index (χ4v) is 2.13. The van der Waals surface area contributed by atoms with Gasteiger partial charge in [-0.15, -0.1) is 0 Å². The van der Waals surface area contributed by atoms with E-state index < -0.39 is 0 Å². The minimum Gasteiger partial charge on any atom is -0.339 e. The van der Waals surface area contributed by atoms with Crippen LogP contribution in [0.25, 0.3) is 0 Å². The summed E-state index contributed by atoms with van der Waals surface area (Å²) >= 11 is 0. The van der Waals surface area contributed by atoms with E-state index in [1.165, 1.54) is 0 Å². The van der Waals surface area contributed by atoms with E-state index in [2.05, 4.69) is 9.97 Å². The normalized spacial score (nSPS) is 15.2. The van der Waals surface area contributed by atoms with Crippen LogP contribution in [0.1, 0.15) is 24.7 Å². The van der Waals surface area contributed by atoms with Crippen LogP contribution in [0.5, 0.6) is 0 Å². The number of piperazine rings is 1. The molecule has 0 aromatic carbocycles. The van der Waals surface area contributed by atoms with E-state index in [0.717, 1.165) is 5.69 Å². The Kier molecular flexibility index (Phi) is 3.95. The fraction of sp³-hybridized carbons (Fsp3) is 0.538. The van der Waals surface area contributed by atoms with Crippen LogP contribution in [0.3, 0.4) is 0 Å². The van der Waals surface area contributed by atoms with Crippen LogP contribution in [0.15, 0.2) is 6.07 Å². The molecular weight excluding hydrogens is 242 g/mol. The summed E-state index contributed by atoms with van der Waals surface area (Å²) in [5, 5.41) is 8.92. The number of nitriles is 1. The van der Waals surface area contributed by atoms with Crippen molar-refractivity contribution in [2.45, 2.75) is 20.3 Å². The van der Waals surface area contributed by atoms with Gasteiger partial charge in [0, 0.05) is 38.3 Å². The highest BCUT2D eigenvalue weighted by atomic mass is 16.2. The molecule has 2 heterocycles. The summed E-state index contributed by atoms with van der Waals surface area (Å²) in [6, 6.07) is 3.71. The zero-order valence-corrected chi connectivity index (χ0v) is 11.3. The highest BCUT2D eigenvalue weighted by molar-refractivity contribution is 5.76. The Hall–Kier alpha value is -2.16. The first kappa shape index (κ1) is 13.3. The molecule has 0 atom stereocenters. The van der Waals surface area contributed by atoms with Gasteiger partial charge in [0.2, 0.25) is 11.9 Å². The molecule has 0 bridgehead atoms. The summed E-state index contributed by atoms with van der Waals surface area (Å²) in [4.78, 5) is 24.0. The lowest BCUT2D eigenvalue weighted by Crippen LogP contribution is -2.49. The lowest BCUT2D eigenvalue weighted by molar-refractivity contribution is -0.131. The molecule has 19 heavy (non-hydrogen) atoms. The minimum atomic E-state index is 0.183. The molecule has 0 saturated carbocycles. The number of amides is 1. The lowest BCUT2D eigenvalue weighted by atomic mass is 10.3. The van der Waals surface area contributed by atoms with Gasteiger partial charge in [0.1, 0.15) is 11.8 Å². The Morgan fingerprint density at radius 2 is 2.05 bits per heavy atom. The van der Waals surface area contributed by atoms with Gasteiger partial charge in [-0.3, -0.25) is 4.79 Å². The summed E-state index contributed by atoms with van der Waals surface area (Å²) in [5.41, 5.74) is 1.17. The van der Waals surface area contributed by atoms with Crippen molar-refractivity contribution in [2.75, 3.05) is 31.1 Å². The molecule has 1 fully saturated rings. The van der Waals surface area contributed by atoms with Crippen LogP contribution in [0.2, 0.25) is 0 Å². The van der Waals surface area contributed by atoms with Crippen LogP contribution in [-0.4, -0.2) is 47.0 Å². The average molecular weight is 259 g/mol. The van der Waals surface area contributed by atoms with Gasteiger partial charge in [-0.25, -0.2) is 9.97 Å². The van der Waals surface area contributed by atoms with Crippen molar-refractivity contribution in [1.29, 1.82) is 5.26 Å². The Morgan fingerprint density at radius 1 is 1.37 bits per heavy atom. The third-order valence-electron chi connectivity index (χ3n) is 3.17. The second-order valence-corrected chi connectivity index (χ2v) is 4.53. The lowest BCUT2D eigenvalue weighted by Gasteiger charge is -2.34. The molecule has 1 aromatic heterocycles. The number of carbonyl (C=O) groups is 1. The maximum absolute atomic E-state index is 11.6. The number of aromatic nitrogens is 2. The molecule has 1 saturated heterocycles. The van der Waals surface area contributed by atoms with E-state index in [-0.39, 0.29) is 5.91 Å². The van der Waals surface area contributed by atoms with Gasteiger partial charge in [-0.2, -0.15) is 5.26 Å². The van der Waals surface area contributed by atoms with E-state index in [4.69, 9.17) is 5.26 Å². The number of hydrogen-bond acceptors (Lipinski definition) is 5. The second-order valence-electron chi connectivity index (χ2n) is 4.53. The molecule has 0 N–H and O–H groups in total. The first-order valence-corrected chi connectivity index (χ1v) is 6.42. The minimum absolute atomic E-state index is 0.183. The Balaban J connectivity index is 2.08. The maximum atomic E-state index is 11.6. The standard InChI is InChI=1S/C13H17N5O/c1-3-12(19)17-4-6-18(7-5-17)13-15-10(2)8-11(9-14)16-13/h8H,3-7H2,1-2H3. The monoisotopic (exact) mass is 259 g/mol. The number of carbonyl (C=O) groups excluding carboxylic acids is 1. The van der Waals surface area contributed by atoms with Gasteiger partial charge in [-0.05, 0) is 13.0 Å². The number of aryl methyl sites for hydroxylation is 1. The zero-order chi connectivity index (χ0) is 13.8. The predicted molar refractivity (Wildman–Crippen MR) is 70.6 cm³/mol. The number of hydrogen-bond donors (Lipinski definition) is 0. The molecule has 1 amide bonds. The van der Waals surface area contributed by atoms with Gasteiger partial charge in [0.05, 0.1) is 0 Å². The van der Waals surface area contributed by atoms with Gasteiger partial charge >= 0.3 is 0 Å². The predicted octanol–water partition coefficient (Wildman–Crippen LogP) is 0.715. The van der Waals surface area contributed by atoms with Crippen molar-refractivity contribution >= 4 is 11.9 Å². The van der Waals surface area contributed by atoms with E-state index in [1.807, 2.05) is 29.7 Å². The van der Waals surface area contributed by atoms with Crippen molar-refractivity contribution in [3.8, 4) is 6.07 Å². The van der Waals surface area contributed by atoms with Crippen LogP contribution < -0.4 is 4.90 Å². The first-order chi connectivity index (χ1) is 9.13. The Labute approximate surface area is 112 Å². The quantitative estimate of drug-likeness (QED) is 0.782. The zero-order valence-electron chi connectivity index (χ0n) is 11.3. The molecule has 0 aliphatic carbocycles. The molecule has 6 heteroatoms. The SMILES string of the molecule is CCC(=O)N1CCN(c2nc(C)cc(C#N)n2)CC1. The molecular formula is C13H17N5O. The molecule has 1 aliphatic heterocycles. The van der Waals surface area contributed by atoms with Gasteiger partial charge < -0.3 is 9.80 Å². The van der Waals surface area contributed by atoms with E-state index in [9.17, 15) is 4.79 Å². The molecule has 100 valence electrons. The molecule has 0 radical (unpaired) electrons. The smallest absolute Gasteiger partial charge is 0.226 e. The van der Waals surface area contributed by atoms with Crippen LogP contribution in [0, 0.1) is 18.3 Å². The van der Waals surface area contributed by atoms with Crippen molar-refractivity contribution < 1.29 is 4.79 Å². The number of nitrogens with zero attached hydrogens (tertiary/aromatic N) is 5. The van der Waals surface area contributed by atoms with Gasteiger partial charge in [0.15, 0.2) is 0 Å². The molecule has 2 rings (SSSR count). The molecule has 1 aromatic rings. The number of anilines is 1.